The van der Waals surface area contributed by atoms with E-state index >= 15 is 0 Å². The Morgan fingerprint density at radius 1 is 1.27 bits per heavy atom. The van der Waals surface area contributed by atoms with E-state index in [0.717, 1.165) is 5.56 Å². The SMILES string of the molecule is O=C(O)CCN(Cc1cccnc1)Cc1c(F)cccc1Cl. The third-order valence-electron chi connectivity index (χ3n) is 3.21. The largest absolute Gasteiger partial charge is 0.481 e. The predicted molar refractivity (Wildman–Crippen MR) is 82.0 cm³/mol. The highest BCUT2D eigenvalue weighted by Crippen LogP contribution is 2.21. The van der Waals surface area contributed by atoms with Crippen molar-refractivity contribution < 1.29 is 14.3 Å². The fourth-order valence-electron chi connectivity index (χ4n) is 2.12. The van der Waals surface area contributed by atoms with E-state index in [4.69, 9.17) is 16.7 Å². The highest BCUT2D eigenvalue weighted by atomic mass is 35.5. The lowest BCUT2D eigenvalue weighted by molar-refractivity contribution is -0.137. The quantitative estimate of drug-likeness (QED) is 0.849. The number of rotatable bonds is 7. The Balaban J connectivity index is 2.15. The van der Waals surface area contributed by atoms with Gasteiger partial charge in [0, 0.05) is 42.6 Å². The molecule has 1 aromatic carbocycles. The Bertz CT molecular complexity index is 617. The van der Waals surface area contributed by atoms with Crippen LogP contribution < -0.4 is 0 Å². The topological polar surface area (TPSA) is 53.4 Å². The Kier molecular flexibility index (Phi) is 5.86. The molecule has 1 N–H and O–H groups in total. The Hall–Kier alpha value is -1.98. The predicted octanol–water partition coefficient (Wildman–Crippen LogP) is 3.35. The number of aliphatic carboxylic acids is 1. The molecule has 22 heavy (non-hydrogen) atoms. The molecule has 0 radical (unpaired) electrons. The van der Waals surface area contributed by atoms with Gasteiger partial charge in [-0.1, -0.05) is 23.7 Å². The highest BCUT2D eigenvalue weighted by molar-refractivity contribution is 6.31. The second-order valence-electron chi connectivity index (χ2n) is 4.92. The number of carbonyl (C=O) groups is 1. The third-order valence-corrected chi connectivity index (χ3v) is 3.57. The van der Waals surface area contributed by atoms with Crippen LogP contribution in [-0.2, 0) is 17.9 Å². The zero-order valence-corrected chi connectivity index (χ0v) is 12.6. The maximum absolute atomic E-state index is 13.9. The van der Waals surface area contributed by atoms with Crippen molar-refractivity contribution in [2.75, 3.05) is 6.54 Å². The Labute approximate surface area is 133 Å². The number of pyridine rings is 1. The van der Waals surface area contributed by atoms with Crippen LogP contribution in [0.3, 0.4) is 0 Å². The molecule has 1 heterocycles. The summed E-state index contributed by atoms with van der Waals surface area (Å²) in [7, 11) is 0. The lowest BCUT2D eigenvalue weighted by Gasteiger charge is -2.22. The normalized spacial score (nSPS) is 10.9. The minimum Gasteiger partial charge on any atom is -0.481 e. The van der Waals surface area contributed by atoms with E-state index in [0.29, 0.717) is 23.7 Å². The molecule has 0 unspecified atom stereocenters. The molecule has 4 nitrogen and oxygen atoms in total. The first-order valence-electron chi connectivity index (χ1n) is 6.82. The number of halogens is 2. The zero-order chi connectivity index (χ0) is 15.9. The summed E-state index contributed by atoms with van der Waals surface area (Å²) in [5, 5.41) is 9.20. The molecule has 0 saturated heterocycles. The van der Waals surface area contributed by atoms with Gasteiger partial charge in [-0.2, -0.15) is 0 Å². The van der Waals surface area contributed by atoms with E-state index in [1.165, 1.54) is 6.07 Å². The van der Waals surface area contributed by atoms with E-state index in [1.807, 2.05) is 11.0 Å². The lowest BCUT2D eigenvalue weighted by Crippen LogP contribution is -2.26. The molecular formula is C16H16ClFN2O2. The third kappa shape index (κ3) is 4.79. The van der Waals surface area contributed by atoms with Crippen molar-refractivity contribution in [2.45, 2.75) is 19.5 Å². The van der Waals surface area contributed by atoms with Crippen molar-refractivity contribution in [3.05, 3.63) is 64.7 Å². The molecule has 0 fully saturated rings. The molecule has 116 valence electrons. The monoisotopic (exact) mass is 322 g/mol. The Morgan fingerprint density at radius 3 is 2.73 bits per heavy atom. The summed E-state index contributed by atoms with van der Waals surface area (Å²) in [6.45, 7) is 1.02. The standard InChI is InChI=1S/C16H16ClFN2O2/c17-14-4-1-5-15(18)13(14)11-20(8-6-16(21)22)10-12-3-2-7-19-9-12/h1-5,7,9H,6,8,10-11H2,(H,21,22). The van der Waals surface area contributed by atoms with E-state index in [2.05, 4.69) is 4.98 Å². The number of aromatic nitrogens is 1. The van der Waals surface area contributed by atoms with Gasteiger partial charge in [0.2, 0.25) is 0 Å². The molecule has 6 heteroatoms. The van der Waals surface area contributed by atoms with E-state index in [9.17, 15) is 9.18 Å². The van der Waals surface area contributed by atoms with Gasteiger partial charge in [-0.25, -0.2) is 4.39 Å². The molecule has 0 amide bonds. The number of carboxylic acid groups (broad SMARTS) is 1. The fraction of sp³-hybridized carbons (Fsp3) is 0.250. The first-order chi connectivity index (χ1) is 10.6. The van der Waals surface area contributed by atoms with Crippen molar-refractivity contribution in [3.8, 4) is 0 Å². The van der Waals surface area contributed by atoms with Crippen LogP contribution in [0.2, 0.25) is 5.02 Å². The first kappa shape index (κ1) is 16.4. The minimum atomic E-state index is -0.893. The van der Waals surface area contributed by atoms with E-state index in [-0.39, 0.29) is 18.8 Å². The Morgan fingerprint density at radius 2 is 2.09 bits per heavy atom. The molecule has 0 saturated carbocycles. The summed E-state index contributed by atoms with van der Waals surface area (Å²) in [6.07, 6.45) is 3.35. The average Bonchev–Trinajstić information content (AvgIpc) is 2.49. The second kappa shape index (κ2) is 7.87. The summed E-state index contributed by atoms with van der Waals surface area (Å²) in [5.41, 5.74) is 1.30. The lowest BCUT2D eigenvalue weighted by atomic mass is 10.1. The van der Waals surface area contributed by atoms with Gasteiger partial charge in [0.15, 0.2) is 0 Å². The molecule has 0 spiro atoms. The number of benzene rings is 1. The van der Waals surface area contributed by atoms with Crippen molar-refractivity contribution in [2.24, 2.45) is 0 Å². The number of nitrogens with zero attached hydrogens (tertiary/aromatic N) is 2. The van der Waals surface area contributed by atoms with Gasteiger partial charge in [0.1, 0.15) is 5.82 Å². The minimum absolute atomic E-state index is 0.0215. The maximum atomic E-state index is 13.9. The van der Waals surface area contributed by atoms with Crippen molar-refractivity contribution in [3.63, 3.8) is 0 Å². The summed E-state index contributed by atoms with van der Waals surface area (Å²) in [5.74, 6) is -1.28. The van der Waals surface area contributed by atoms with E-state index in [1.54, 1.807) is 30.6 Å². The molecule has 0 aliphatic heterocycles. The van der Waals surface area contributed by atoms with Crippen molar-refractivity contribution in [1.82, 2.24) is 9.88 Å². The maximum Gasteiger partial charge on any atom is 0.304 e. The summed E-state index contributed by atoms with van der Waals surface area (Å²) in [6, 6.07) is 8.22. The smallest absolute Gasteiger partial charge is 0.304 e. The highest BCUT2D eigenvalue weighted by Gasteiger charge is 2.14. The van der Waals surface area contributed by atoms with Gasteiger partial charge in [-0.15, -0.1) is 0 Å². The van der Waals surface area contributed by atoms with Gasteiger partial charge in [-0.3, -0.25) is 14.7 Å². The van der Waals surface area contributed by atoms with Crippen LogP contribution in [0.15, 0.2) is 42.7 Å². The number of carboxylic acids is 1. The summed E-state index contributed by atoms with van der Waals surface area (Å²) < 4.78 is 13.9. The van der Waals surface area contributed by atoms with Gasteiger partial charge in [-0.05, 0) is 23.8 Å². The number of hydrogen-bond acceptors (Lipinski definition) is 3. The van der Waals surface area contributed by atoms with Gasteiger partial charge >= 0.3 is 5.97 Å². The molecule has 0 atom stereocenters. The number of hydrogen-bond donors (Lipinski definition) is 1. The van der Waals surface area contributed by atoms with Crippen LogP contribution in [0, 0.1) is 5.82 Å². The van der Waals surface area contributed by atoms with Crippen molar-refractivity contribution >= 4 is 17.6 Å². The molecule has 0 bridgehead atoms. The van der Waals surface area contributed by atoms with Crippen molar-refractivity contribution in [1.29, 1.82) is 0 Å². The second-order valence-corrected chi connectivity index (χ2v) is 5.32. The van der Waals surface area contributed by atoms with E-state index < -0.39 is 5.97 Å². The molecule has 0 aliphatic rings. The fourth-order valence-corrected chi connectivity index (χ4v) is 2.35. The molecule has 1 aromatic heterocycles. The zero-order valence-electron chi connectivity index (χ0n) is 11.9. The van der Waals surface area contributed by atoms with Crippen LogP contribution in [0.25, 0.3) is 0 Å². The van der Waals surface area contributed by atoms with Gasteiger partial charge in [0.25, 0.3) is 0 Å². The molecular weight excluding hydrogens is 307 g/mol. The van der Waals surface area contributed by atoms with Crippen LogP contribution in [-0.4, -0.2) is 27.5 Å². The van der Waals surface area contributed by atoms with Crippen LogP contribution in [0.4, 0.5) is 4.39 Å². The average molecular weight is 323 g/mol. The molecule has 2 aromatic rings. The van der Waals surface area contributed by atoms with Gasteiger partial charge in [0.05, 0.1) is 6.42 Å². The van der Waals surface area contributed by atoms with Crippen LogP contribution in [0.1, 0.15) is 17.5 Å². The summed E-state index contributed by atoms with van der Waals surface area (Å²) in [4.78, 5) is 16.7. The van der Waals surface area contributed by atoms with Crippen LogP contribution >= 0.6 is 11.6 Å². The summed E-state index contributed by atoms with van der Waals surface area (Å²) >= 11 is 6.04. The molecule has 0 aliphatic carbocycles. The van der Waals surface area contributed by atoms with Crippen LogP contribution in [0.5, 0.6) is 0 Å². The molecule has 2 rings (SSSR count). The first-order valence-corrected chi connectivity index (χ1v) is 7.20. The van der Waals surface area contributed by atoms with Gasteiger partial charge < -0.3 is 5.11 Å².